The van der Waals surface area contributed by atoms with E-state index in [1.165, 1.54) is 23.5 Å². The molecule has 29 heavy (non-hydrogen) atoms. The largest absolute Gasteiger partial charge is 0.416 e. The number of benzene rings is 2. The number of aryl methyl sites for hydroxylation is 1. The fourth-order valence-corrected chi connectivity index (χ4v) is 5.14. The Kier molecular flexibility index (Phi) is 5.12. The van der Waals surface area contributed by atoms with Gasteiger partial charge in [-0.3, -0.25) is 0 Å². The van der Waals surface area contributed by atoms with Gasteiger partial charge in [0.25, 0.3) is 0 Å². The van der Waals surface area contributed by atoms with E-state index in [0.29, 0.717) is 23.1 Å². The van der Waals surface area contributed by atoms with Crippen molar-refractivity contribution in [2.45, 2.75) is 44.8 Å². The van der Waals surface area contributed by atoms with E-state index >= 15 is 0 Å². The van der Waals surface area contributed by atoms with E-state index in [1.807, 2.05) is 18.2 Å². The van der Waals surface area contributed by atoms with Crippen molar-refractivity contribution in [2.75, 3.05) is 0 Å². The number of halogens is 3. The summed E-state index contributed by atoms with van der Waals surface area (Å²) in [6.07, 6.45) is -1.27. The lowest BCUT2D eigenvalue weighted by Crippen LogP contribution is -2.11. The maximum Gasteiger partial charge on any atom is 0.416 e. The molecule has 0 saturated carbocycles. The van der Waals surface area contributed by atoms with Gasteiger partial charge in [-0.2, -0.15) is 13.2 Å². The Morgan fingerprint density at radius 3 is 2.66 bits per heavy atom. The monoisotopic (exact) mass is 418 g/mol. The average Bonchev–Trinajstić information content (AvgIpc) is 3.27. The SMILES string of the molecule is CC(C)c1c(CCC(N)c2ccc3cnoc3c2)sc2cc(C(F)(F)F)ccc12. The standard InChI is InChI=1S/C22H21F3N2OS/c1-12(2)21-16-6-5-15(22(23,24)25)10-20(16)29-19(21)8-7-17(26)13-3-4-14-11-27-28-18(14)9-13/h3-6,9-12,17H,7-8,26H2,1-2H3. The number of nitrogens with zero attached hydrogens (tertiary/aromatic N) is 1. The summed E-state index contributed by atoms with van der Waals surface area (Å²) in [6.45, 7) is 4.14. The lowest BCUT2D eigenvalue weighted by atomic mass is 9.95. The molecule has 0 aliphatic carbocycles. The minimum atomic E-state index is -4.34. The highest BCUT2D eigenvalue weighted by Crippen LogP contribution is 2.40. The summed E-state index contributed by atoms with van der Waals surface area (Å²) in [7, 11) is 0. The Hall–Kier alpha value is -2.38. The van der Waals surface area contributed by atoms with Crippen LogP contribution < -0.4 is 5.73 Å². The van der Waals surface area contributed by atoms with Crippen molar-refractivity contribution < 1.29 is 17.7 Å². The molecule has 2 aromatic heterocycles. The first kappa shape index (κ1) is 19.9. The number of fused-ring (bicyclic) bond motifs is 2. The van der Waals surface area contributed by atoms with Crippen LogP contribution in [0.25, 0.3) is 21.1 Å². The molecule has 152 valence electrons. The Morgan fingerprint density at radius 2 is 1.93 bits per heavy atom. The molecule has 4 rings (SSSR count). The molecular weight excluding hydrogens is 397 g/mol. The molecule has 0 saturated heterocycles. The second-order valence-electron chi connectivity index (χ2n) is 7.57. The van der Waals surface area contributed by atoms with Gasteiger partial charge in [-0.15, -0.1) is 11.3 Å². The van der Waals surface area contributed by atoms with E-state index in [1.54, 1.807) is 12.3 Å². The zero-order chi connectivity index (χ0) is 20.8. The van der Waals surface area contributed by atoms with Gasteiger partial charge in [0.15, 0.2) is 5.58 Å². The molecule has 0 aliphatic heterocycles. The molecule has 0 bridgehead atoms. The molecule has 2 heterocycles. The number of hydrogen-bond acceptors (Lipinski definition) is 4. The zero-order valence-corrected chi connectivity index (χ0v) is 16.9. The van der Waals surface area contributed by atoms with Gasteiger partial charge in [0.1, 0.15) is 0 Å². The van der Waals surface area contributed by atoms with Crippen LogP contribution in [0.15, 0.2) is 47.1 Å². The fraction of sp³-hybridized carbons (Fsp3) is 0.318. The number of hydrogen-bond donors (Lipinski definition) is 1. The van der Waals surface area contributed by atoms with Crippen molar-refractivity contribution in [1.82, 2.24) is 5.16 Å². The van der Waals surface area contributed by atoms with E-state index in [0.717, 1.165) is 26.8 Å². The third kappa shape index (κ3) is 3.89. The third-order valence-corrected chi connectivity index (χ3v) is 6.43. The van der Waals surface area contributed by atoms with Crippen molar-refractivity contribution in [2.24, 2.45) is 5.73 Å². The van der Waals surface area contributed by atoms with Gasteiger partial charge in [0.05, 0.1) is 11.8 Å². The number of nitrogens with two attached hydrogens (primary N) is 1. The zero-order valence-electron chi connectivity index (χ0n) is 16.1. The maximum atomic E-state index is 13.1. The lowest BCUT2D eigenvalue weighted by molar-refractivity contribution is -0.137. The molecule has 1 unspecified atom stereocenters. The fourth-order valence-electron chi connectivity index (χ4n) is 3.72. The molecular formula is C22H21F3N2OS. The van der Waals surface area contributed by atoms with E-state index in [9.17, 15) is 13.2 Å². The van der Waals surface area contributed by atoms with Gasteiger partial charge < -0.3 is 10.3 Å². The predicted octanol–water partition coefficient (Wildman–Crippen LogP) is 6.82. The molecule has 3 nitrogen and oxygen atoms in total. The summed E-state index contributed by atoms with van der Waals surface area (Å²) in [5.41, 5.74) is 8.57. The first-order valence-electron chi connectivity index (χ1n) is 9.46. The summed E-state index contributed by atoms with van der Waals surface area (Å²) >= 11 is 1.44. The van der Waals surface area contributed by atoms with E-state index < -0.39 is 11.7 Å². The molecule has 7 heteroatoms. The van der Waals surface area contributed by atoms with Gasteiger partial charge in [0, 0.05) is 21.0 Å². The van der Waals surface area contributed by atoms with Crippen molar-refractivity contribution in [3.8, 4) is 0 Å². The second kappa shape index (κ2) is 7.46. The number of alkyl halides is 3. The lowest BCUT2D eigenvalue weighted by Gasteiger charge is -2.13. The Bertz CT molecular complexity index is 1160. The van der Waals surface area contributed by atoms with Gasteiger partial charge >= 0.3 is 6.18 Å². The minimum Gasteiger partial charge on any atom is -0.356 e. The third-order valence-electron chi connectivity index (χ3n) is 5.20. The van der Waals surface area contributed by atoms with Crippen molar-refractivity contribution in [3.63, 3.8) is 0 Å². The van der Waals surface area contributed by atoms with Gasteiger partial charge in [0.2, 0.25) is 0 Å². The maximum absolute atomic E-state index is 13.1. The van der Waals surface area contributed by atoms with E-state index in [4.69, 9.17) is 10.3 Å². The van der Waals surface area contributed by atoms with Crippen molar-refractivity contribution in [1.29, 1.82) is 0 Å². The van der Waals surface area contributed by atoms with Crippen LogP contribution in [-0.4, -0.2) is 5.16 Å². The number of rotatable bonds is 5. The van der Waals surface area contributed by atoms with Crippen LogP contribution in [0.4, 0.5) is 13.2 Å². The van der Waals surface area contributed by atoms with Crippen LogP contribution in [0.5, 0.6) is 0 Å². The average molecular weight is 418 g/mol. The molecule has 0 fully saturated rings. The van der Waals surface area contributed by atoms with Crippen LogP contribution >= 0.6 is 11.3 Å². The van der Waals surface area contributed by atoms with Crippen molar-refractivity contribution in [3.05, 3.63) is 64.2 Å². The molecule has 0 spiro atoms. The normalized spacial score (nSPS) is 13.6. The number of thiophene rings is 1. The second-order valence-corrected chi connectivity index (χ2v) is 8.71. The Morgan fingerprint density at radius 1 is 1.14 bits per heavy atom. The molecule has 2 N–H and O–H groups in total. The minimum absolute atomic E-state index is 0.194. The van der Waals surface area contributed by atoms with Gasteiger partial charge in [-0.05, 0) is 59.5 Å². The summed E-state index contributed by atoms with van der Waals surface area (Å²) in [5, 5.41) is 5.61. The highest BCUT2D eigenvalue weighted by molar-refractivity contribution is 7.19. The first-order valence-corrected chi connectivity index (χ1v) is 10.3. The van der Waals surface area contributed by atoms with Crippen LogP contribution in [0.3, 0.4) is 0 Å². The van der Waals surface area contributed by atoms with Crippen LogP contribution in [0, 0.1) is 0 Å². The molecule has 4 aromatic rings. The summed E-state index contributed by atoms with van der Waals surface area (Å²) in [6, 6.07) is 9.63. The quantitative estimate of drug-likeness (QED) is 0.387. The summed E-state index contributed by atoms with van der Waals surface area (Å²) in [4.78, 5) is 1.10. The molecule has 0 radical (unpaired) electrons. The Labute approximate surface area is 170 Å². The predicted molar refractivity (Wildman–Crippen MR) is 110 cm³/mol. The first-order chi connectivity index (χ1) is 13.7. The van der Waals surface area contributed by atoms with Gasteiger partial charge in [-0.25, -0.2) is 0 Å². The van der Waals surface area contributed by atoms with Crippen molar-refractivity contribution >= 4 is 32.4 Å². The van der Waals surface area contributed by atoms with Crippen LogP contribution in [0.1, 0.15) is 53.8 Å². The van der Waals surface area contributed by atoms with Crippen LogP contribution in [0.2, 0.25) is 0 Å². The molecule has 1 atom stereocenters. The highest BCUT2D eigenvalue weighted by Gasteiger charge is 2.31. The van der Waals surface area contributed by atoms with Crippen LogP contribution in [-0.2, 0) is 12.6 Å². The molecule has 0 amide bonds. The van der Waals surface area contributed by atoms with Gasteiger partial charge in [-0.1, -0.05) is 31.1 Å². The summed E-state index contributed by atoms with van der Waals surface area (Å²) in [5.74, 6) is 0.220. The molecule has 0 aliphatic rings. The smallest absolute Gasteiger partial charge is 0.356 e. The topological polar surface area (TPSA) is 52.0 Å². The molecule has 2 aromatic carbocycles. The Balaban J connectivity index is 1.61. The van der Waals surface area contributed by atoms with E-state index in [2.05, 4.69) is 19.0 Å². The summed E-state index contributed by atoms with van der Waals surface area (Å²) < 4.78 is 45.1. The number of aromatic nitrogens is 1. The highest BCUT2D eigenvalue weighted by atomic mass is 32.1. The van der Waals surface area contributed by atoms with E-state index in [-0.39, 0.29) is 12.0 Å².